The number of oxazole rings is 1. The SMILES string of the molecule is Cc1ccc(SC(C)(Cc2ccc(OCCN(C)c3nc4ccccc4o3)cc2)C(=O)O)cc1. The molecule has 1 atom stereocenters. The number of carbonyl (C=O) groups is 1. The first-order valence-corrected chi connectivity index (χ1v) is 11.9. The topological polar surface area (TPSA) is 75.8 Å². The summed E-state index contributed by atoms with van der Waals surface area (Å²) in [7, 11) is 1.91. The highest BCUT2D eigenvalue weighted by molar-refractivity contribution is 8.01. The summed E-state index contributed by atoms with van der Waals surface area (Å²) in [6, 6.07) is 23.8. The number of fused-ring (bicyclic) bond motifs is 1. The molecule has 1 aromatic heterocycles. The molecule has 0 radical (unpaired) electrons. The Hall–Kier alpha value is -3.45. The smallest absolute Gasteiger partial charge is 0.320 e. The lowest BCUT2D eigenvalue weighted by atomic mass is 10.0. The largest absolute Gasteiger partial charge is 0.492 e. The standard InChI is InChI=1S/C27H28N2O4S/c1-19-8-14-22(15-9-19)34-27(2,25(30)31)18-20-10-12-21(13-11-20)32-17-16-29(3)26-28-23-6-4-5-7-24(23)33-26/h4-15H,16-18H2,1-3H3,(H,30,31). The highest BCUT2D eigenvalue weighted by atomic mass is 32.2. The summed E-state index contributed by atoms with van der Waals surface area (Å²) < 4.78 is 10.7. The molecule has 4 rings (SSSR count). The number of anilines is 1. The van der Waals surface area contributed by atoms with E-state index < -0.39 is 10.7 Å². The first-order valence-electron chi connectivity index (χ1n) is 11.1. The van der Waals surface area contributed by atoms with E-state index in [2.05, 4.69) is 4.98 Å². The van der Waals surface area contributed by atoms with Gasteiger partial charge in [-0.05, 0) is 62.2 Å². The Morgan fingerprint density at radius 1 is 1.09 bits per heavy atom. The molecule has 0 saturated heterocycles. The van der Waals surface area contributed by atoms with E-state index in [-0.39, 0.29) is 0 Å². The van der Waals surface area contributed by atoms with E-state index in [9.17, 15) is 9.90 Å². The van der Waals surface area contributed by atoms with Crippen LogP contribution in [0.15, 0.2) is 82.1 Å². The number of hydrogen-bond acceptors (Lipinski definition) is 6. The second kappa shape index (κ2) is 10.2. The van der Waals surface area contributed by atoms with Crippen LogP contribution in [0.1, 0.15) is 18.1 Å². The lowest BCUT2D eigenvalue weighted by Gasteiger charge is -2.24. The Morgan fingerprint density at radius 2 is 1.79 bits per heavy atom. The van der Waals surface area contributed by atoms with Gasteiger partial charge in [0, 0.05) is 11.9 Å². The first kappa shape index (κ1) is 23.7. The maximum atomic E-state index is 12.1. The Bertz CT molecular complexity index is 1220. The van der Waals surface area contributed by atoms with Gasteiger partial charge in [-0.1, -0.05) is 42.0 Å². The molecule has 1 unspecified atom stereocenters. The molecule has 7 heteroatoms. The number of ether oxygens (including phenoxy) is 1. The van der Waals surface area contributed by atoms with Gasteiger partial charge >= 0.3 is 5.97 Å². The van der Waals surface area contributed by atoms with Crippen LogP contribution in [-0.4, -0.2) is 41.0 Å². The zero-order valence-electron chi connectivity index (χ0n) is 19.5. The Morgan fingerprint density at radius 3 is 2.47 bits per heavy atom. The number of aromatic nitrogens is 1. The lowest BCUT2D eigenvalue weighted by molar-refractivity contribution is -0.139. The number of para-hydroxylation sites is 2. The van der Waals surface area contributed by atoms with Crippen LogP contribution in [0.3, 0.4) is 0 Å². The van der Waals surface area contributed by atoms with Crippen molar-refractivity contribution in [3.05, 3.63) is 83.9 Å². The minimum atomic E-state index is -0.972. The third-order valence-corrected chi connectivity index (χ3v) is 6.86. The number of thioether (sulfide) groups is 1. The van der Waals surface area contributed by atoms with Crippen molar-refractivity contribution in [1.29, 1.82) is 0 Å². The van der Waals surface area contributed by atoms with Gasteiger partial charge < -0.3 is 19.2 Å². The first-order chi connectivity index (χ1) is 16.3. The molecule has 0 amide bonds. The molecule has 1 heterocycles. The molecular formula is C27H28N2O4S. The summed E-state index contributed by atoms with van der Waals surface area (Å²) >= 11 is 1.37. The summed E-state index contributed by atoms with van der Waals surface area (Å²) in [4.78, 5) is 19.4. The Balaban J connectivity index is 1.32. The van der Waals surface area contributed by atoms with Gasteiger partial charge in [0.05, 0.1) is 6.54 Å². The molecule has 3 aromatic carbocycles. The van der Waals surface area contributed by atoms with Crippen LogP contribution < -0.4 is 9.64 Å². The van der Waals surface area contributed by atoms with E-state index in [0.29, 0.717) is 25.6 Å². The van der Waals surface area contributed by atoms with Crippen molar-refractivity contribution in [2.75, 3.05) is 25.1 Å². The molecule has 0 aliphatic rings. The molecule has 0 bridgehead atoms. The third kappa shape index (κ3) is 5.72. The average Bonchev–Trinajstić information content (AvgIpc) is 3.26. The molecule has 0 fully saturated rings. The van der Waals surface area contributed by atoms with Gasteiger partial charge in [-0.3, -0.25) is 4.79 Å². The van der Waals surface area contributed by atoms with Crippen molar-refractivity contribution < 1.29 is 19.1 Å². The molecule has 176 valence electrons. The molecule has 0 aliphatic carbocycles. The van der Waals surface area contributed by atoms with Crippen molar-refractivity contribution in [2.45, 2.75) is 29.9 Å². The number of nitrogens with zero attached hydrogens (tertiary/aromatic N) is 2. The maximum Gasteiger partial charge on any atom is 0.320 e. The summed E-state index contributed by atoms with van der Waals surface area (Å²) in [6.07, 6.45) is 0.404. The molecule has 4 aromatic rings. The second-order valence-electron chi connectivity index (χ2n) is 8.51. The van der Waals surface area contributed by atoms with Gasteiger partial charge in [-0.25, -0.2) is 0 Å². The van der Waals surface area contributed by atoms with Gasteiger partial charge in [0.15, 0.2) is 5.58 Å². The number of aryl methyl sites for hydroxylation is 1. The predicted molar refractivity (Wildman–Crippen MR) is 136 cm³/mol. The Kier molecular flexibility index (Phi) is 7.12. The number of aliphatic carboxylic acids is 1. The number of carboxylic acids is 1. The van der Waals surface area contributed by atoms with Crippen LogP contribution in [0.2, 0.25) is 0 Å². The van der Waals surface area contributed by atoms with Crippen LogP contribution in [0.5, 0.6) is 5.75 Å². The van der Waals surface area contributed by atoms with Crippen molar-refractivity contribution in [2.24, 2.45) is 0 Å². The summed E-state index contributed by atoms with van der Waals surface area (Å²) in [6.45, 7) is 4.86. The van der Waals surface area contributed by atoms with Gasteiger partial charge in [0.25, 0.3) is 6.01 Å². The van der Waals surface area contributed by atoms with Crippen LogP contribution in [0.4, 0.5) is 6.01 Å². The van der Waals surface area contributed by atoms with E-state index in [1.165, 1.54) is 11.8 Å². The monoisotopic (exact) mass is 476 g/mol. The quantitative estimate of drug-likeness (QED) is 0.289. The molecule has 34 heavy (non-hydrogen) atoms. The highest BCUT2D eigenvalue weighted by Gasteiger charge is 2.34. The Labute approximate surface area is 203 Å². The number of rotatable bonds is 10. The zero-order valence-corrected chi connectivity index (χ0v) is 20.3. The minimum Gasteiger partial charge on any atom is -0.492 e. The van der Waals surface area contributed by atoms with Crippen molar-refractivity contribution >= 4 is 34.8 Å². The number of benzene rings is 3. The van der Waals surface area contributed by atoms with Gasteiger partial charge in [0.1, 0.15) is 22.6 Å². The highest BCUT2D eigenvalue weighted by Crippen LogP contribution is 2.36. The fraction of sp³-hybridized carbons (Fsp3) is 0.259. The maximum absolute atomic E-state index is 12.1. The summed E-state index contributed by atoms with van der Waals surface area (Å²) in [5.41, 5.74) is 3.68. The summed E-state index contributed by atoms with van der Waals surface area (Å²) in [5.74, 6) is -0.0985. The van der Waals surface area contributed by atoms with Crippen molar-refractivity contribution in [1.82, 2.24) is 4.98 Å². The van der Waals surface area contributed by atoms with E-state index in [1.807, 2.05) is 91.7 Å². The normalized spacial score (nSPS) is 12.9. The average molecular weight is 477 g/mol. The van der Waals surface area contributed by atoms with Crippen LogP contribution >= 0.6 is 11.8 Å². The van der Waals surface area contributed by atoms with E-state index in [0.717, 1.165) is 32.9 Å². The van der Waals surface area contributed by atoms with Crippen LogP contribution in [-0.2, 0) is 11.2 Å². The number of carboxylic acid groups (broad SMARTS) is 1. The molecule has 0 aliphatic heterocycles. The molecule has 6 nitrogen and oxygen atoms in total. The zero-order chi connectivity index (χ0) is 24.1. The third-order valence-electron chi connectivity index (χ3n) is 5.59. The fourth-order valence-corrected chi connectivity index (χ4v) is 4.65. The van der Waals surface area contributed by atoms with Crippen molar-refractivity contribution in [3.63, 3.8) is 0 Å². The van der Waals surface area contributed by atoms with Gasteiger partial charge in [0.2, 0.25) is 0 Å². The molecule has 1 N–H and O–H groups in total. The van der Waals surface area contributed by atoms with Crippen LogP contribution in [0, 0.1) is 6.92 Å². The second-order valence-corrected chi connectivity index (χ2v) is 10.1. The van der Waals surface area contributed by atoms with Crippen LogP contribution in [0.25, 0.3) is 11.1 Å². The molecule has 0 saturated carbocycles. The number of hydrogen-bond donors (Lipinski definition) is 1. The summed E-state index contributed by atoms with van der Waals surface area (Å²) in [5, 5.41) is 9.91. The van der Waals surface area contributed by atoms with Gasteiger partial charge in [-0.15, -0.1) is 11.8 Å². The fourth-order valence-electron chi connectivity index (χ4n) is 3.53. The lowest BCUT2D eigenvalue weighted by Crippen LogP contribution is -2.33. The number of likely N-dealkylation sites (N-methyl/N-ethyl adjacent to an activating group) is 1. The van der Waals surface area contributed by atoms with Gasteiger partial charge in [-0.2, -0.15) is 4.98 Å². The van der Waals surface area contributed by atoms with E-state index in [1.54, 1.807) is 6.92 Å². The predicted octanol–water partition coefficient (Wildman–Crippen LogP) is 5.83. The van der Waals surface area contributed by atoms with E-state index >= 15 is 0 Å². The van der Waals surface area contributed by atoms with E-state index in [4.69, 9.17) is 9.15 Å². The molecule has 0 spiro atoms. The molecular weight excluding hydrogens is 448 g/mol. The van der Waals surface area contributed by atoms with Crippen molar-refractivity contribution in [3.8, 4) is 5.75 Å². The minimum absolute atomic E-state index is 0.404.